The Labute approximate surface area is 140 Å². The molecule has 24 heavy (non-hydrogen) atoms. The van der Waals surface area contributed by atoms with Crippen LogP contribution in [-0.4, -0.2) is 35.1 Å². The van der Waals surface area contributed by atoms with E-state index in [-0.39, 0.29) is 22.9 Å². The summed E-state index contributed by atoms with van der Waals surface area (Å²) < 4.78 is 30.5. The molecule has 0 aliphatic heterocycles. The van der Waals surface area contributed by atoms with Crippen molar-refractivity contribution in [3.8, 4) is 0 Å². The van der Waals surface area contributed by atoms with Gasteiger partial charge >= 0.3 is 10.1 Å². The molecule has 7 nitrogen and oxygen atoms in total. The molecule has 0 amide bonds. The summed E-state index contributed by atoms with van der Waals surface area (Å²) in [5.41, 5.74) is -0.165. The summed E-state index contributed by atoms with van der Waals surface area (Å²) in [6, 6.07) is 6.94. The number of hydrogen-bond donors (Lipinski definition) is 0. The van der Waals surface area contributed by atoms with E-state index >= 15 is 0 Å². The van der Waals surface area contributed by atoms with Crippen LogP contribution in [0.15, 0.2) is 24.3 Å². The van der Waals surface area contributed by atoms with E-state index in [1.165, 1.54) is 0 Å². The standard InChI is InChI=1S/C16H19N3O4S/c1-15(2)11-7-8-16(15,14(20)9-11)10-24(21,22)23-19-13-6-4-3-5-12(13)17-18-19/h3-6,11H,7-10H2,1-2H3. The molecule has 1 heterocycles. The number of carbonyl (C=O) groups is 1. The van der Waals surface area contributed by atoms with Gasteiger partial charge in [-0.25, -0.2) is 0 Å². The highest BCUT2D eigenvalue weighted by atomic mass is 32.2. The Kier molecular flexibility index (Phi) is 3.10. The Hall–Kier alpha value is -1.96. The first-order valence-corrected chi connectivity index (χ1v) is 9.59. The molecule has 2 unspecified atom stereocenters. The molecule has 1 aromatic heterocycles. The molecule has 2 aliphatic rings. The second-order valence-corrected chi connectivity index (χ2v) is 8.95. The molecule has 4 rings (SSSR count). The zero-order valence-corrected chi connectivity index (χ0v) is 14.4. The number of nitrogens with zero attached hydrogens (tertiary/aromatic N) is 3. The van der Waals surface area contributed by atoms with Crippen LogP contribution in [0.5, 0.6) is 0 Å². The van der Waals surface area contributed by atoms with E-state index in [2.05, 4.69) is 10.3 Å². The number of hydrogen-bond acceptors (Lipinski definition) is 6. The molecule has 128 valence electrons. The average Bonchev–Trinajstić information content (AvgIpc) is 3.06. The number of Topliss-reactive ketones (excluding diaryl/α,β-unsaturated/α-hetero) is 1. The van der Waals surface area contributed by atoms with Gasteiger partial charge in [0.15, 0.2) is 0 Å². The Morgan fingerprint density at radius 1 is 1.33 bits per heavy atom. The SMILES string of the molecule is CC1(C)C2CCC1(CS(=O)(=O)On1nnc3ccccc31)C(=O)C2. The summed E-state index contributed by atoms with van der Waals surface area (Å²) in [6.07, 6.45) is 1.96. The summed E-state index contributed by atoms with van der Waals surface area (Å²) in [7, 11) is -3.99. The molecule has 0 spiro atoms. The molecule has 2 atom stereocenters. The lowest BCUT2D eigenvalue weighted by molar-refractivity contribution is -0.128. The van der Waals surface area contributed by atoms with Crippen molar-refractivity contribution in [2.45, 2.75) is 33.1 Å². The van der Waals surface area contributed by atoms with Crippen LogP contribution in [0.1, 0.15) is 33.1 Å². The molecule has 2 aromatic rings. The van der Waals surface area contributed by atoms with Crippen molar-refractivity contribution < 1.29 is 17.5 Å². The lowest BCUT2D eigenvalue weighted by Gasteiger charge is -2.35. The fourth-order valence-electron chi connectivity index (χ4n) is 4.45. The average molecular weight is 349 g/mol. The van der Waals surface area contributed by atoms with E-state index in [4.69, 9.17) is 4.28 Å². The van der Waals surface area contributed by atoms with Crippen molar-refractivity contribution in [3.63, 3.8) is 0 Å². The molecule has 0 saturated heterocycles. The maximum absolute atomic E-state index is 12.7. The zero-order valence-electron chi connectivity index (χ0n) is 13.6. The number of ketones is 1. The van der Waals surface area contributed by atoms with Gasteiger partial charge in [-0.05, 0) is 41.5 Å². The summed E-state index contributed by atoms with van der Waals surface area (Å²) in [6.45, 7) is 3.99. The molecule has 1 aromatic carbocycles. The summed E-state index contributed by atoms with van der Waals surface area (Å²) in [4.78, 5) is 13.4. The monoisotopic (exact) mass is 349 g/mol. The fraction of sp³-hybridized carbons (Fsp3) is 0.562. The topological polar surface area (TPSA) is 91.2 Å². The third-order valence-electron chi connectivity index (χ3n) is 6.07. The lowest BCUT2D eigenvalue weighted by atomic mass is 9.70. The Bertz CT molecular complexity index is 934. The van der Waals surface area contributed by atoms with E-state index in [9.17, 15) is 13.2 Å². The van der Waals surface area contributed by atoms with Crippen LogP contribution < -0.4 is 4.28 Å². The van der Waals surface area contributed by atoms with E-state index in [0.29, 0.717) is 23.9 Å². The van der Waals surface area contributed by atoms with Gasteiger partial charge in [-0.2, -0.15) is 8.42 Å². The van der Waals surface area contributed by atoms with Crippen molar-refractivity contribution >= 4 is 26.9 Å². The highest BCUT2D eigenvalue weighted by Crippen LogP contribution is 2.64. The second kappa shape index (κ2) is 4.78. The number of carbonyl (C=O) groups excluding carboxylic acids is 1. The quantitative estimate of drug-likeness (QED) is 0.832. The summed E-state index contributed by atoms with van der Waals surface area (Å²) in [5, 5.41) is 7.63. The van der Waals surface area contributed by atoms with E-state index in [0.717, 1.165) is 11.3 Å². The maximum Gasteiger partial charge on any atom is 0.329 e. The Balaban J connectivity index is 1.66. The molecule has 0 radical (unpaired) electrons. The predicted molar refractivity (Wildman–Crippen MR) is 86.5 cm³/mol. The molecule has 8 heteroatoms. The maximum atomic E-state index is 12.7. The van der Waals surface area contributed by atoms with Gasteiger partial charge in [0.05, 0.1) is 5.41 Å². The van der Waals surface area contributed by atoms with E-state index in [1.54, 1.807) is 24.3 Å². The molecule has 2 fully saturated rings. The minimum atomic E-state index is -3.99. The molecular weight excluding hydrogens is 330 g/mol. The Morgan fingerprint density at radius 3 is 2.75 bits per heavy atom. The van der Waals surface area contributed by atoms with Crippen LogP contribution >= 0.6 is 0 Å². The number of para-hydroxylation sites is 1. The first-order valence-electron chi connectivity index (χ1n) is 8.02. The first-order chi connectivity index (χ1) is 11.3. The van der Waals surface area contributed by atoms with Gasteiger partial charge in [-0.1, -0.05) is 30.8 Å². The molecular formula is C16H19N3O4S. The van der Waals surface area contributed by atoms with Gasteiger partial charge in [-0.15, -0.1) is 5.10 Å². The third-order valence-corrected chi connectivity index (χ3v) is 7.28. The van der Waals surface area contributed by atoms with Gasteiger partial charge in [-0.3, -0.25) is 9.08 Å². The Morgan fingerprint density at radius 2 is 2.08 bits per heavy atom. The number of aromatic nitrogens is 3. The van der Waals surface area contributed by atoms with Crippen LogP contribution in [0.4, 0.5) is 0 Å². The van der Waals surface area contributed by atoms with Gasteiger partial charge in [0, 0.05) is 6.42 Å². The number of fused-ring (bicyclic) bond motifs is 3. The number of benzene rings is 1. The van der Waals surface area contributed by atoms with Crippen molar-refractivity contribution in [2.75, 3.05) is 5.75 Å². The predicted octanol–water partition coefficient (Wildman–Crippen LogP) is 1.59. The van der Waals surface area contributed by atoms with Gasteiger partial charge in [0.25, 0.3) is 0 Å². The van der Waals surface area contributed by atoms with Crippen LogP contribution in [-0.2, 0) is 14.9 Å². The lowest BCUT2D eigenvalue weighted by Crippen LogP contribution is -2.44. The molecule has 2 saturated carbocycles. The molecule has 2 bridgehead atoms. The van der Waals surface area contributed by atoms with Crippen LogP contribution in [0.3, 0.4) is 0 Å². The number of rotatable bonds is 4. The van der Waals surface area contributed by atoms with E-state index < -0.39 is 15.5 Å². The van der Waals surface area contributed by atoms with Crippen LogP contribution in [0, 0.1) is 16.7 Å². The van der Waals surface area contributed by atoms with E-state index in [1.807, 2.05) is 13.8 Å². The zero-order chi connectivity index (χ0) is 17.2. The third kappa shape index (κ3) is 2.02. The van der Waals surface area contributed by atoms with Gasteiger partial charge < -0.3 is 0 Å². The highest BCUT2D eigenvalue weighted by molar-refractivity contribution is 7.86. The minimum Gasteiger partial charge on any atom is -0.299 e. The van der Waals surface area contributed by atoms with Gasteiger partial charge in [0.2, 0.25) is 0 Å². The largest absolute Gasteiger partial charge is 0.329 e. The van der Waals surface area contributed by atoms with Crippen molar-refractivity contribution in [1.29, 1.82) is 0 Å². The van der Waals surface area contributed by atoms with Crippen molar-refractivity contribution in [1.82, 2.24) is 15.2 Å². The van der Waals surface area contributed by atoms with Crippen LogP contribution in [0.25, 0.3) is 11.0 Å². The minimum absolute atomic E-state index is 0.0411. The van der Waals surface area contributed by atoms with Crippen LogP contribution in [0.2, 0.25) is 0 Å². The fourth-order valence-corrected chi connectivity index (χ4v) is 6.11. The molecule has 2 aliphatic carbocycles. The van der Waals surface area contributed by atoms with Crippen molar-refractivity contribution in [3.05, 3.63) is 24.3 Å². The smallest absolute Gasteiger partial charge is 0.299 e. The highest BCUT2D eigenvalue weighted by Gasteiger charge is 2.65. The summed E-state index contributed by atoms with van der Waals surface area (Å²) >= 11 is 0. The van der Waals surface area contributed by atoms with Crippen molar-refractivity contribution in [2.24, 2.45) is 16.7 Å². The second-order valence-electron chi connectivity index (χ2n) is 7.39. The molecule has 0 N–H and O–H groups in total. The first kappa shape index (κ1) is 15.6. The van der Waals surface area contributed by atoms with Gasteiger partial charge in [0.1, 0.15) is 22.6 Å². The summed E-state index contributed by atoms with van der Waals surface area (Å²) in [5.74, 6) is -0.0111. The normalized spacial score (nSPS) is 28.6.